The van der Waals surface area contributed by atoms with Gasteiger partial charge < -0.3 is 19.5 Å². The number of carbonyl (C=O) groups excluding carboxylic acids is 1. The van der Waals surface area contributed by atoms with Crippen molar-refractivity contribution in [2.75, 3.05) is 65.4 Å². The first-order valence-electron chi connectivity index (χ1n) is 16.6. The molecule has 0 atom stereocenters. The standard InChI is InChI=1S/C38H49ClN2O5Si/c1-40(2)28-14-17-31-35(25-28)47(5,6)36-26-29(41(3)4)15-18-32(36)37(31)30-16-13-27(24-33(30)38(43)44)34(42)12-11-21-46-23-22-45-20-10-8-7-9-19-39/h13-18,24-26H,7-12,19-23H2,1-6H3/p+1. The van der Waals surface area contributed by atoms with Gasteiger partial charge in [-0.05, 0) is 76.2 Å². The number of hydrogen-bond acceptors (Lipinski definition) is 5. The van der Waals surface area contributed by atoms with Crippen LogP contribution in [0.4, 0.5) is 5.69 Å². The molecule has 0 saturated carbocycles. The number of rotatable bonds is 17. The molecular formula is C38H50ClN2O5Si+. The van der Waals surface area contributed by atoms with Crippen molar-refractivity contribution in [3.63, 3.8) is 0 Å². The lowest BCUT2D eigenvalue weighted by molar-refractivity contribution is -0.462. The highest BCUT2D eigenvalue weighted by atomic mass is 35.5. The molecule has 0 amide bonds. The molecule has 0 fully saturated rings. The largest absolute Gasteiger partial charge is 0.478 e. The van der Waals surface area contributed by atoms with Crippen LogP contribution >= 0.6 is 11.6 Å². The van der Waals surface area contributed by atoms with E-state index in [1.807, 2.05) is 34.3 Å². The number of carboxylic acid groups (broad SMARTS) is 1. The van der Waals surface area contributed by atoms with Crippen molar-refractivity contribution in [2.45, 2.75) is 51.6 Å². The summed E-state index contributed by atoms with van der Waals surface area (Å²) >= 11 is 5.70. The first-order valence-corrected chi connectivity index (χ1v) is 20.1. The Hall–Kier alpha value is -3.30. The van der Waals surface area contributed by atoms with Crippen LogP contribution in [0, 0.1) is 0 Å². The first-order chi connectivity index (χ1) is 22.5. The maximum Gasteiger partial charge on any atom is 0.336 e. The van der Waals surface area contributed by atoms with Crippen LogP contribution in [0.5, 0.6) is 0 Å². The summed E-state index contributed by atoms with van der Waals surface area (Å²) in [5.41, 5.74) is 6.41. The number of allylic oxidation sites excluding steroid dienone is 5. The van der Waals surface area contributed by atoms with Gasteiger partial charge in [-0.2, -0.15) is 0 Å². The van der Waals surface area contributed by atoms with E-state index >= 15 is 0 Å². The van der Waals surface area contributed by atoms with Gasteiger partial charge in [0.05, 0.1) is 18.8 Å². The van der Waals surface area contributed by atoms with Gasteiger partial charge in [0.15, 0.2) is 11.5 Å². The van der Waals surface area contributed by atoms with E-state index < -0.39 is 14.0 Å². The summed E-state index contributed by atoms with van der Waals surface area (Å²) in [6.07, 6.45) is 11.7. The van der Waals surface area contributed by atoms with Crippen molar-refractivity contribution in [1.29, 1.82) is 0 Å². The normalized spacial score (nSPS) is 14.9. The van der Waals surface area contributed by atoms with Crippen molar-refractivity contribution in [1.82, 2.24) is 0 Å². The van der Waals surface area contributed by atoms with E-state index in [9.17, 15) is 14.7 Å². The smallest absolute Gasteiger partial charge is 0.336 e. The van der Waals surface area contributed by atoms with Crippen molar-refractivity contribution >= 4 is 53.6 Å². The van der Waals surface area contributed by atoms with Crippen LogP contribution in [0.25, 0.3) is 5.57 Å². The number of halogens is 1. The molecule has 0 spiro atoms. The Kier molecular flexibility index (Phi) is 13.0. The molecule has 1 aliphatic heterocycles. The Bertz CT molecular complexity index is 1600. The summed E-state index contributed by atoms with van der Waals surface area (Å²) < 4.78 is 13.4. The van der Waals surface area contributed by atoms with Crippen LogP contribution in [0.1, 0.15) is 70.4 Å². The number of benzene rings is 2. The van der Waals surface area contributed by atoms with Gasteiger partial charge in [-0.3, -0.25) is 4.79 Å². The molecule has 0 saturated heterocycles. The number of Topliss-reactive ketones (excluding diaryl/α,β-unsaturated/α-hetero) is 1. The minimum Gasteiger partial charge on any atom is -0.478 e. The van der Waals surface area contributed by atoms with Gasteiger partial charge in [-0.25, -0.2) is 9.37 Å². The average Bonchev–Trinajstić information content (AvgIpc) is 3.04. The SMILES string of the molecule is CN(C)c1ccc2c(c1)[Si](C)(C)C1=CC(=[N+](C)C)C=CC1=C2c1ccc(C(=O)CCCOCCOCCCCCCCl)cc1C(=O)O. The average molecular weight is 678 g/mol. The Morgan fingerprint density at radius 3 is 2.21 bits per heavy atom. The molecule has 9 heteroatoms. The van der Waals surface area contributed by atoms with E-state index in [0.717, 1.165) is 60.4 Å². The molecule has 47 heavy (non-hydrogen) atoms. The number of anilines is 1. The van der Waals surface area contributed by atoms with E-state index in [1.54, 1.807) is 12.1 Å². The third-order valence-electron chi connectivity index (χ3n) is 9.00. The Labute approximate surface area is 286 Å². The molecule has 0 unspecified atom stereocenters. The van der Waals surface area contributed by atoms with Crippen molar-refractivity contribution < 1.29 is 28.7 Å². The summed E-state index contributed by atoms with van der Waals surface area (Å²) in [5.74, 6) is -0.433. The van der Waals surface area contributed by atoms with Gasteiger partial charge in [0.1, 0.15) is 22.2 Å². The van der Waals surface area contributed by atoms with Gasteiger partial charge in [0.2, 0.25) is 0 Å². The van der Waals surface area contributed by atoms with E-state index in [0.29, 0.717) is 43.2 Å². The highest BCUT2D eigenvalue weighted by Gasteiger charge is 2.41. The molecule has 2 aliphatic rings. The van der Waals surface area contributed by atoms with Gasteiger partial charge in [-0.15, -0.1) is 11.6 Å². The Morgan fingerprint density at radius 2 is 1.55 bits per heavy atom. The Morgan fingerprint density at radius 1 is 0.872 bits per heavy atom. The molecule has 1 aliphatic carbocycles. The molecule has 252 valence electrons. The van der Waals surface area contributed by atoms with E-state index in [-0.39, 0.29) is 17.8 Å². The number of hydrogen-bond donors (Lipinski definition) is 1. The highest BCUT2D eigenvalue weighted by molar-refractivity contribution is 6.98. The van der Waals surface area contributed by atoms with Crippen LogP contribution in [0.15, 0.2) is 65.4 Å². The summed E-state index contributed by atoms with van der Waals surface area (Å²) in [6, 6.07) is 11.6. The molecule has 0 aromatic heterocycles. The Balaban J connectivity index is 1.54. The number of fused-ring (bicyclic) bond motifs is 2. The van der Waals surface area contributed by atoms with E-state index in [1.165, 1.54) is 10.4 Å². The topological polar surface area (TPSA) is 79.1 Å². The number of alkyl halides is 1. The predicted molar refractivity (Wildman–Crippen MR) is 196 cm³/mol. The fourth-order valence-electron chi connectivity index (χ4n) is 6.24. The van der Waals surface area contributed by atoms with Crippen LogP contribution < -0.4 is 10.1 Å². The summed E-state index contributed by atoms with van der Waals surface area (Å²) in [5, 5.41) is 13.0. The van der Waals surface area contributed by atoms with Gasteiger partial charge in [0.25, 0.3) is 0 Å². The highest BCUT2D eigenvalue weighted by Crippen LogP contribution is 2.43. The maximum atomic E-state index is 13.2. The second kappa shape index (κ2) is 16.7. The molecule has 1 heterocycles. The van der Waals surface area contributed by atoms with Crippen LogP contribution in [-0.2, 0) is 9.47 Å². The monoisotopic (exact) mass is 677 g/mol. The molecule has 4 rings (SSSR count). The maximum absolute atomic E-state index is 13.2. The van der Waals surface area contributed by atoms with Crippen molar-refractivity contribution in [3.05, 3.63) is 87.6 Å². The van der Waals surface area contributed by atoms with E-state index in [2.05, 4.69) is 59.0 Å². The van der Waals surface area contributed by atoms with Crippen molar-refractivity contribution in [2.24, 2.45) is 0 Å². The molecule has 0 bridgehead atoms. The second-order valence-corrected chi connectivity index (χ2v) is 17.9. The quantitative estimate of drug-likeness (QED) is 0.0658. The molecule has 7 nitrogen and oxygen atoms in total. The summed E-state index contributed by atoms with van der Waals surface area (Å²) in [6.45, 7) is 6.91. The molecule has 1 N–H and O–H groups in total. The van der Waals surface area contributed by atoms with Crippen molar-refractivity contribution in [3.8, 4) is 0 Å². The number of carboxylic acids is 1. The van der Waals surface area contributed by atoms with Crippen LogP contribution in [0.3, 0.4) is 0 Å². The zero-order chi connectivity index (χ0) is 34.1. The third-order valence-corrected chi connectivity index (χ3v) is 12.8. The van der Waals surface area contributed by atoms with Crippen LogP contribution in [0.2, 0.25) is 13.1 Å². The first kappa shape index (κ1) is 36.5. The van der Waals surface area contributed by atoms with Gasteiger partial charge >= 0.3 is 5.97 Å². The third kappa shape index (κ3) is 8.79. The lowest BCUT2D eigenvalue weighted by atomic mass is 9.86. The number of nitrogens with zero attached hydrogens (tertiary/aromatic N) is 2. The fraction of sp³-hybridized carbons (Fsp3) is 0.447. The predicted octanol–water partition coefficient (Wildman–Crippen LogP) is 6.73. The van der Waals surface area contributed by atoms with E-state index in [4.69, 9.17) is 21.1 Å². The zero-order valence-corrected chi connectivity index (χ0v) is 30.6. The lowest BCUT2D eigenvalue weighted by Gasteiger charge is -2.38. The molecular weight excluding hydrogens is 628 g/mol. The van der Waals surface area contributed by atoms with Gasteiger partial charge in [0, 0.05) is 63.0 Å². The number of ether oxygens (including phenoxy) is 2. The van der Waals surface area contributed by atoms with Gasteiger partial charge in [-0.1, -0.05) is 44.1 Å². The molecule has 0 radical (unpaired) electrons. The lowest BCUT2D eigenvalue weighted by Crippen LogP contribution is -2.49. The minimum atomic E-state index is -2.17. The molecule has 2 aromatic carbocycles. The summed E-state index contributed by atoms with van der Waals surface area (Å²) in [7, 11) is 5.97. The fourth-order valence-corrected chi connectivity index (χ4v) is 9.50. The number of aromatic carboxylic acids is 1. The summed E-state index contributed by atoms with van der Waals surface area (Å²) in [4.78, 5) is 28.1. The minimum absolute atomic E-state index is 0.0925. The van der Waals surface area contributed by atoms with Crippen LogP contribution in [-0.4, -0.2) is 95.7 Å². The zero-order valence-electron chi connectivity index (χ0n) is 28.8. The second-order valence-electron chi connectivity index (χ2n) is 13.2. The number of unbranched alkanes of at least 4 members (excludes halogenated alkanes) is 3. The molecule has 2 aromatic rings. The number of carbonyl (C=O) groups is 2. The number of ketones is 1.